The molecule has 0 bridgehead atoms. The van der Waals surface area contributed by atoms with Crippen LogP contribution in [0.1, 0.15) is 6.23 Å². The Morgan fingerprint density at radius 2 is 2.35 bits per heavy atom. The number of nitrogens with two attached hydrogens (primary N) is 1. The number of azide groups is 1. The predicted octanol–water partition coefficient (Wildman–Crippen LogP) is -0.556. The second-order valence-electron chi connectivity index (χ2n) is 4.18. The van der Waals surface area contributed by atoms with Gasteiger partial charge in [-0.25, -0.2) is 4.98 Å². The zero-order valence-electron chi connectivity index (χ0n) is 10.1. The molecule has 5 N–H and O–H groups in total. The third-order valence-corrected chi connectivity index (χ3v) is 3.27. The number of aliphatic hydroxyl groups excluding tert-OH is 3. The first-order valence-electron chi connectivity index (χ1n) is 5.51. The topological polar surface area (TPSA) is 163 Å². The molecule has 0 aliphatic carbocycles. The van der Waals surface area contributed by atoms with Gasteiger partial charge >= 0.3 is 0 Å². The number of aliphatic hydroxyl groups is 3. The van der Waals surface area contributed by atoms with Crippen LogP contribution in [-0.2, 0) is 4.74 Å². The van der Waals surface area contributed by atoms with E-state index in [1.165, 1.54) is 16.8 Å². The first kappa shape index (κ1) is 14.7. The summed E-state index contributed by atoms with van der Waals surface area (Å²) < 4.78 is 6.57. The molecule has 1 unspecified atom stereocenters. The second-order valence-corrected chi connectivity index (χ2v) is 4.54. The molecule has 10 nitrogen and oxygen atoms in total. The van der Waals surface area contributed by atoms with Crippen molar-refractivity contribution in [3.8, 4) is 0 Å². The lowest BCUT2D eigenvalue weighted by atomic mass is 10.1. The van der Waals surface area contributed by atoms with Gasteiger partial charge in [0, 0.05) is 11.1 Å². The van der Waals surface area contributed by atoms with Crippen molar-refractivity contribution < 1.29 is 20.1 Å². The summed E-state index contributed by atoms with van der Waals surface area (Å²) >= 11 is 4.98. The molecule has 2 heterocycles. The van der Waals surface area contributed by atoms with Crippen LogP contribution in [0.15, 0.2) is 17.4 Å². The van der Waals surface area contributed by atoms with Gasteiger partial charge in [0.05, 0.1) is 6.61 Å². The van der Waals surface area contributed by atoms with Gasteiger partial charge in [-0.05, 0) is 23.8 Å². The van der Waals surface area contributed by atoms with E-state index in [-0.39, 0.29) is 10.6 Å². The van der Waals surface area contributed by atoms with Crippen molar-refractivity contribution in [1.29, 1.82) is 0 Å². The third kappa shape index (κ3) is 2.22. The van der Waals surface area contributed by atoms with E-state index in [0.717, 1.165) is 0 Å². The second kappa shape index (κ2) is 5.32. The normalized spacial score (nSPS) is 32.9. The molecule has 0 aromatic carbocycles. The molecular formula is C9H12N6O4S. The van der Waals surface area contributed by atoms with E-state index < -0.39 is 30.8 Å². The summed E-state index contributed by atoms with van der Waals surface area (Å²) in [5.74, 6) is 0.183. The quantitative estimate of drug-likeness (QED) is 0.251. The number of aromatic nitrogens is 2. The summed E-state index contributed by atoms with van der Waals surface area (Å²) in [6.07, 6.45) is -2.84. The van der Waals surface area contributed by atoms with Gasteiger partial charge in [-0.1, -0.05) is 5.11 Å². The van der Waals surface area contributed by atoms with E-state index in [4.69, 9.17) is 28.2 Å². The van der Waals surface area contributed by atoms with Crippen molar-refractivity contribution in [1.82, 2.24) is 9.55 Å². The van der Waals surface area contributed by atoms with Gasteiger partial charge in [0.25, 0.3) is 0 Å². The Balaban J connectivity index is 2.45. The van der Waals surface area contributed by atoms with Gasteiger partial charge in [-0.2, -0.15) is 0 Å². The minimum absolute atomic E-state index is 0.0101. The highest BCUT2D eigenvalue weighted by molar-refractivity contribution is 7.71. The van der Waals surface area contributed by atoms with E-state index in [2.05, 4.69) is 15.0 Å². The maximum Gasteiger partial charge on any atom is 0.203 e. The number of ether oxygens (including phenoxy) is 1. The first-order chi connectivity index (χ1) is 9.45. The minimum atomic E-state index is -1.98. The average Bonchev–Trinajstić information content (AvgIpc) is 2.65. The SMILES string of the molecule is [N-]=[N+]=N[C@]1(CO)O[C@@H](n2ccc(N)nc2=S)C(O)[C@H]1O. The van der Waals surface area contributed by atoms with Crippen molar-refractivity contribution >= 4 is 18.0 Å². The summed E-state index contributed by atoms with van der Waals surface area (Å²) in [6.45, 7) is -0.804. The van der Waals surface area contributed by atoms with Crippen LogP contribution < -0.4 is 5.73 Å². The monoisotopic (exact) mass is 300 g/mol. The average molecular weight is 300 g/mol. The van der Waals surface area contributed by atoms with Gasteiger partial charge in [0.2, 0.25) is 10.5 Å². The summed E-state index contributed by atoms with van der Waals surface area (Å²) in [5, 5.41) is 32.4. The molecular weight excluding hydrogens is 288 g/mol. The standard InChI is InChI=1S/C9H12N6O4S/c10-4-1-2-15(8(20)12-4)7-5(17)6(18)9(3-16,19-7)13-14-11/h1-2,5-7,16-18H,3H2,(H2,10,12,20)/t5?,6-,7-,9-/m1/s1. The van der Waals surface area contributed by atoms with Crippen LogP contribution in [0.3, 0.4) is 0 Å². The molecule has 1 aromatic heterocycles. The number of rotatable bonds is 3. The Kier molecular flexibility index (Phi) is 3.90. The van der Waals surface area contributed by atoms with Gasteiger partial charge in [-0.3, -0.25) is 4.57 Å². The highest BCUT2D eigenvalue weighted by atomic mass is 32.1. The molecule has 0 saturated carbocycles. The lowest BCUT2D eigenvalue weighted by molar-refractivity contribution is -0.124. The molecule has 0 radical (unpaired) electrons. The number of anilines is 1. The fourth-order valence-corrected chi connectivity index (χ4v) is 2.20. The van der Waals surface area contributed by atoms with Crippen LogP contribution in [0.4, 0.5) is 5.82 Å². The fraction of sp³-hybridized carbons (Fsp3) is 0.556. The zero-order valence-corrected chi connectivity index (χ0v) is 10.9. The van der Waals surface area contributed by atoms with Crippen molar-refractivity contribution in [3.63, 3.8) is 0 Å². The Morgan fingerprint density at radius 1 is 1.65 bits per heavy atom. The van der Waals surface area contributed by atoms with Crippen molar-refractivity contribution in [2.75, 3.05) is 12.3 Å². The molecule has 108 valence electrons. The summed E-state index contributed by atoms with van der Waals surface area (Å²) in [7, 11) is 0. The van der Waals surface area contributed by atoms with Crippen molar-refractivity contribution in [2.24, 2.45) is 5.11 Å². The van der Waals surface area contributed by atoms with Gasteiger partial charge in [0.1, 0.15) is 18.0 Å². The van der Waals surface area contributed by atoms with Gasteiger partial charge in [0.15, 0.2) is 6.23 Å². The molecule has 1 aliphatic rings. The number of nitrogen functional groups attached to an aromatic ring is 1. The summed E-state index contributed by atoms with van der Waals surface area (Å²) in [6, 6.07) is 1.42. The van der Waals surface area contributed by atoms with Crippen LogP contribution in [0.25, 0.3) is 10.4 Å². The third-order valence-electron chi connectivity index (χ3n) is 2.97. The number of hydrogen-bond acceptors (Lipinski definition) is 8. The van der Waals surface area contributed by atoms with Gasteiger partial charge in [-0.15, -0.1) is 0 Å². The van der Waals surface area contributed by atoms with Crippen molar-refractivity contribution in [2.45, 2.75) is 24.2 Å². The molecule has 1 aromatic rings. The lowest BCUT2D eigenvalue weighted by Crippen LogP contribution is -2.44. The molecule has 11 heteroatoms. The smallest absolute Gasteiger partial charge is 0.203 e. The summed E-state index contributed by atoms with van der Waals surface area (Å²) in [5.41, 5.74) is 12.0. The maximum absolute atomic E-state index is 10.0. The predicted molar refractivity (Wildman–Crippen MR) is 68.6 cm³/mol. The van der Waals surface area contributed by atoms with Crippen LogP contribution in [0, 0.1) is 4.77 Å². The highest BCUT2D eigenvalue weighted by Gasteiger charge is 2.54. The van der Waals surface area contributed by atoms with Crippen LogP contribution in [0.5, 0.6) is 0 Å². The van der Waals surface area contributed by atoms with Crippen molar-refractivity contribution in [3.05, 3.63) is 27.5 Å². The molecule has 4 atom stereocenters. The van der Waals surface area contributed by atoms with E-state index >= 15 is 0 Å². The number of nitrogens with zero attached hydrogens (tertiary/aromatic N) is 5. The van der Waals surface area contributed by atoms with E-state index in [9.17, 15) is 15.3 Å². The molecule has 20 heavy (non-hydrogen) atoms. The highest BCUT2D eigenvalue weighted by Crippen LogP contribution is 2.38. The Bertz CT molecular complexity index is 617. The molecule has 1 fully saturated rings. The summed E-state index contributed by atoms with van der Waals surface area (Å²) in [4.78, 5) is 6.32. The van der Waals surface area contributed by atoms with E-state index in [1.807, 2.05) is 0 Å². The first-order valence-corrected chi connectivity index (χ1v) is 5.92. The lowest BCUT2D eigenvalue weighted by Gasteiger charge is -2.23. The Labute approximate surface area is 117 Å². The molecule has 0 amide bonds. The molecule has 0 spiro atoms. The zero-order chi connectivity index (χ0) is 14.9. The fourth-order valence-electron chi connectivity index (χ4n) is 1.93. The molecule has 2 rings (SSSR count). The van der Waals surface area contributed by atoms with E-state index in [0.29, 0.717) is 0 Å². The van der Waals surface area contributed by atoms with Crippen LogP contribution in [0.2, 0.25) is 0 Å². The molecule has 1 aliphatic heterocycles. The van der Waals surface area contributed by atoms with E-state index in [1.54, 1.807) is 0 Å². The Hall–Kier alpha value is -1.75. The van der Waals surface area contributed by atoms with Crippen LogP contribution in [-0.4, -0.2) is 49.4 Å². The molecule has 1 saturated heterocycles. The minimum Gasteiger partial charge on any atom is -0.393 e. The maximum atomic E-state index is 10.0. The van der Waals surface area contributed by atoms with Crippen LogP contribution >= 0.6 is 12.2 Å². The Morgan fingerprint density at radius 3 is 2.90 bits per heavy atom. The number of hydrogen-bond donors (Lipinski definition) is 4. The largest absolute Gasteiger partial charge is 0.393 e. The van der Waals surface area contributed by atoms with Gasteiger partial charge < -0.3 is 25.8 Å².